The summed E-state index contributed by atoms with van der Waals surface area (Å²) in [5, 5.41) is 13.5. The Kier molecular flexibility index (Phi) is 4.13. The predicted octanol–water partition coefficient (Wildman–Crippen LogP) is 3.02. The second-order valence-electron chi connectivity index (χ2n) is 4.47. The summed E-state index contributed by atoms with van der Waals surface area (Å²) in [6, 6.07) is 4.81. The quantitative estimate of drug-likeness (QED) is 0.930. The van der Waals surface area contributed by atoms with Gasteiger partial charge in [0, 0.05) is 5.56 Å². The second-order valence-corrected chi connectivity index (χ2v) is 5.27. The van der Waals surface area contributed by atoms with E-state index in [4.69, 9.17) is 9.84 Å². The van der Waals surface area contributed by atoms with Crippen molar-refractivity contribution in [2.75, 3.05) is 7.11 Å². The molecule has 20 heavy (non-hydrogen) atoms. The maximum absolute atomic E-state index is 11.1. The number of methoxy groups -OCH3 is 1. The smallest absolute Gasteiger partial charge is 0.335 e. The number of carbonyl (C=O) groups is 1. The molecule has 0 saturated carbocycles. The molecule has 5 nitrogen and oxygen atoms in total. The summed E-state index contributed by atoms with van der Waals surface area (Å²) in [7, 11) is 1.57. The maximum Gasteiger partial charge on any atom is 0.335 e. The Morgan fingerprint density at radius 3 is 2.65 bits per heavy atom. The van der Waals surface area contributed by atoms with E-state index in [0.717, 1.165) is 21.4 Å². The first kappa shape index (κ1) is 14.6. The molecule has 0 aliphatic rings. The second kappa shape index (κ2) is 5.66. The molecule has 106 valence electrons. The van der Waals surface area contributed by atoms with Crippen molar-refractivity contribution in [3.8, 4) is 5.75 Å². The predicted molar refractivity (Wildman–Crippen MR) is 78.5 cm³/mol. The van der Waals surface area contributed by atoms with Gasteiger partial charge >= 0.3 is 5.97 Å². The van der Waals surface area contributed by atoms with Crippen molar-refractivity contribution in [3.05, 3.63) is 45.2 Å². The van der Waals surface area contributed by atoms with E-state index in [1.807, 2.05) is 18.5 Å². The normalized spacial score (nSPS) is 10.6. The Balaban J connectivity index is 2.43. The van der Waals surface area contributed by atoms with Gasteiger partial charge in [0.2, 0.25) is 0 Å². The molecule has 1 aromatic heterocycles. The van der Waals surface area contributed by atoms with Crippen LogP contribution in [0.4, 0.5) is 0 Å². The van der Waals surface area contributed by atoms with Crippen LogP contribution < -0.4 is 4.74 Å². The summed E-state index contributed by atoms with van der Waals surface area (Å²) in [6.45, 7) is 4.33. The first-order valence-corrected chi connectivity index (χ1v) is 6.83. The molecule has 0 radical (unpaired) electrons. The lowest BCUT2D eigenvalue weighted by Crippen LogP contribution is -2.07. The van der Waals surface area contributed by atoms with Crippen molar-refractivity contribution in [2.24, 2.45) is 0 Å². The summed E-state index contributed by atoms with van der Waals surface area (Å²) in [5.74, 6) is -0.304. The minimum atomic E-state index is -0.955. The molecule has 0 spiro atoms. The van der Waals surface area contributed by atoms with Gasteiger partial charge in [-0.25, -0.2) is 4.79 Å². The number of aromatic nitrogens is 2. The zero-order valence-electron chi connectivity index (χ0n) is 11.5. The van der Waals surface area contributed by atoms with Crippen LogP contribution in [0, 0.1) is 13.8 Å². The van der Waals surface area contributed by atoms with Crippen molar-refractivity contribution in [1.82, 2.24) is 9.78 Å². The molecular formula is C14H15BrN2O3. The number of carboxylic acids is 1. The van der Waals surface area contributed by atoms with Crippen LogP contribution >= 0.6 is 15.9 Å². The lowest BCUT2D eigenvalue weighted by molar-refractivity contribution is 0.0696. The van der Waals surface area contributed by atoms with Gasteiger partial charge in [0.25, 0.3) is 0 Å². The van der Waals surface area contributed by atoms with E-state index in [2.05, 4.69) is 21.0 Å². The summed E-state index contributed by atoms with van der Waals surface area (Å²) in [4.78, 5) is 11.1. The number of aryl methyl sites for hydroxylation is 1. The van der Waals surface area contributed by atoms with Gasteiger partial charge in [-0.15, -0.1) is 0 Å². The van der Waals surface area contributed by atoms with Gasteiger partial charge in [0.05, 0.1) is 35.1 Å². The summed E-state index contributed by atoms with van der Waals surface area (Å²) in [5.41, 5.74) is 2.91. The molecule has 6 heteroatoms. The van der Waals surface area contributed by atoms with E-state index in [1.54, 1.807) is 19.2 Å². The van der Waals surface area contributed by atoms with E-state index in [9.17, 15) is 4.79 Å². The number of halogens is 1. The molecule has 0 saturated heterocycles. The van der Waals surface area contributed by atoms with Gasteiger partial charge in [0.15, 0.2) is 0 Å². The molecular weight excluding hydrogens is 324 g/mol. The maximum atomic E-state index is 11.1. The monoisotopic (exact) mass is 338 g/mol. The van der Waals surface area contributed by atoms with Crippen LogP contribution in [0.15, 0.2) is 22.7 Å². The first-order valence-electron chi connectivity index (χ1n) is 6.03. The van der Waals surface area contributed by atoms with Crippen LogP contribution in [0.3, 0.4) is 0 Å². The Hall–Kier alpha value is -1.82. The number of nitrogens with zero attached hydrogens (tertiary/aromatic N) is 2. The molecule has 0 unspecified atom stereocenters. The average Bonchev–Trinajstić information content (AvgIpc) is 2.66. The highest BCUT2D eigenvalue weighted by atomic mass is 79.9. The van der Waals surface area contributed by atoms with Crippen molar-refractivity contribution in [3.63, 3.8) is 0 Å². The standard InChI is InChI=1S/C14H15BrN2O3/c1-8-13(15)9(2)17(16-8)7-11-6-10(14(18)19)4-5-12(11)20-3/h4-6H,7H2,1-3H3,(H,18,19). The van der Waals surface area contributed by atoms with Crippen LogP contribution in [0.2, 0.25) is 0 Å². The number of hydrogen-bond donors (Lipinski definition) is 1. The largest absolute Gasteiger partial charge is 0.496 e. The number of ether oxygens (including phenoxy) is 1. The Labute approximate surface area is 125 Å². The van der Waals surface area contributed by atoms with Crippen molar-refractivity contribution < 1.29 is 14.6 Å². The summed E-state index contributed by atoms with van der Waals surface area (Å²) < 4.78 is 8.07. The van der Waals surface area contributed by atoms with E-state index in [-0.39, 0.29) is 5.56 Å². The van der Waals surface area contributed by atoms with E-state index >= 15 is 0 Å². The topological polar surface area (TPSA) is 64.3 Å². The molecule has 0 amide bonds. The minimum absolute atomic E-state index is 0.237. The molecule has 1 aromatic carbocycles. The Morgan fingerprint density at radius 1 is 1.45 bits per heavy atom. The molecule has 1 N–H and O–H groups in total. The average molecular weight is 339 g/mol. The number of hydrogen-bond acceptors (Lipinski definition) is 3. The van der Waals surface area contributed by atoms with Crippen LogP contribution in [0.1, 0.15) is 27.3 Å². The van der Waals surface area contributed by atoms with Gasteiger partial charge < -0.3 is 9.84 Å². The molecule has 2 rings (SSSR count). The van der Waals surface area contributed by atoms with Gasteiger partial charge in [-0.2, -0.15) is 5.10 Å². The Morgan fingerprint density at radius 2 is 2.15 bits per heavy atom. The van der Waals surface area contributed by atoms with Gasteiger partial charge in [-0.1, -0.05) is 0 Å². The van der Waals surface area contributed by atoms with Gasteiger partial charge in [0.1, 0.15) is 5.75 Å². The van der Waals surface area contributed by atoms with E-state index in [0.29, 0.717) is 12.3 Å². The third-order valence-corrected chi connectivity index (χ3v) is 4.29. The van der Waals surface area contributed by atoms with E-state index < -0.39 is 5.97 Å². The molecule has 0 bridgehead atoms. The zero-order chi connectivity index (χ0) is 14.9. The number of carboxylic acid groups (broad SMARTS) is 1. The lowest BCUT2D eigenvalue weighted by Gasteiger charge is -2.11. The summed E-state index contributed by atoms with van der Waals surface area (Å²) in [6.07, 6.45) is 0. The highest BCUT2D eigenvalue weighted by molar-refractivity contribution is 9.10. The molecule has 1 heterocycles. The molecule has 0 fully saturated rings. The van der Waals surface area contributed by atoms with Crippen LogP contribution in [-0.2, 0) is 6.54 Å². The van der Waals surface area contributed by atoms with Crippen LogP contribution in [-0.4, -0.2) is 28.0 Å². The highest BCUT2D eigenvalue weighted by Gasteiger charge is 2.13. The molecule has 0 atom stereocenters. The van der Waals surface area contributed by atoms with Gasteiger partial charge in [-0.05, 0) is 48.0 Å². The van der Waals surface area contributed by atoms with Crippen LogP contribution in [0.25, 0.3) is 0 Å². The summed E-state index contributed by atoms with van der Waals surface area (Å²) >= 11 is 3.48. The third-order valence-electron chi connectivity index (χ3n) is 3.14. The highest BCUT2D eigenvalue weighted by Crippen LogP contribution is 2.24. The fourth-order valence-electron chi connectivity index (χ4n) is 2.03. The van der Waals surface area contributed by atoms with Crippen molar-refractivity contribution in [2.45, 2.75) is 20.4 Å². The van der Waals surface area contributed by atoms with Crippen molar-refractivity contribution in [1.29, 1.82) is 0 Å². The minimum Gasteiger partial charge on any atom is -0.496 e. The fraction of sp³-hybridized carbons (Fsp3) is 0.286. The lowest BCUT2D eigenvalue weighted by atomic mass is 10.1. The van der Waals surface area contributed by atoms with Crippen LogP contribution in [0.5, 0.6) is 5.75 Å². The van der Waals surface area contributed by atoms with Gasteiger partial charge in [-0.3, -0.25) is 4.68 Å². The fourth-order valence-corrected chi connectivity index (χ4v) is 2.31. The number of benzene rings is 1. The molecule has 0 aliphatic carbocycles. The first-order chi connectivity index (χ1) is 9.43. The SMILES string of the molecule is COc1ccc(C(=O)O)cc1Cn1nc(C)c(Br)c1C. The number of rotatable bonds is 4. The molecule has 2 aromatic rings. The molecule has 0 aliphatic heterocycles. The van der Waals surface area contributed by atoms with Crippen molar-refractivity contribution >= 4 is 21.9 Å². The van der Waals surface area contributed by atoms with E-state index in [1.165, 1.54) is 6.07 Å². The Bertz CT molecular complexity index is 665. The third kappa shape index (κ3) is 2.70. The zero-order valence-corrected chi connectivity index (χ0v) is 13.1. The number of aromatic carboxylic acids is 1.